The number of hydrogen-bond donors (Lipinski definition) is 2. The van der Waals surface area contributed by atoms with Gasteiger partial charge in [-0.1, -0.05) is 70.8 Å². The second-order valence-electron chi connectivity index (χ2n) is 6.78. The Morgan fingerprint density at radius 3 is 1.76 bits per heavy atom. The van der Waals surface area contributed by atoms with E-state index in [0.717, 1.165) is 37.0 Å². The Morgan fingerprint density at radius 1 is 0.800 bits per heavy atom. The van der Waals surface area contributed by atoms with Crippen LogP contribution in [0, 0.1) is 0 Å². The fraction of sp³-hybridized carbons (Fsp3) is 0.842. The van der Waals surface area contributed by atoms with E-state index in [1.807, 2.05) is 5.23 Å². The lowest BCUT2D eigenvalue weighted by atomic mass is 10.2. The molecule has 0 aliphatic carbocycles. The van der Waals surface area contributed by atoms with E-state index >= 15 is 0 Å². The Balaban J connectivity index is 2.80. The van der Waals surface area contributed by atoms with Crippen molar-refractivity contribution in [2.24, 2.45) is 0 Å². The highest BCUT2D eigenvalue weighted by atomic mass is 32.1. The lowest BCUT2D eigenvalue weighted by Crippen LogP contribution is -2.63. The van der Waals surface area contributed by atoms with Gasteiger partial charge in [0.1, 0.15) is 10.8 Å². The first-order chi connectivity index (χ1) is 12.2. The van der Waals surface area contributed by atoms with Crippen LogP contribution in [-0.4, -0.2) is 46.3 Å². The van der Waals surface area contributed by atoms with Gasteiger partial charge < -0.3 is 4.90 Å². The van der Waals surface area contributed by atoms with E-state index < -0.39 is 0 Å². The third kappa shape index (κ3) is 8.38. The van der Waals surface area contributed by atoms with Crippen molar-refractivity contribution in [3.8, 4) is 0 Å². The van der Waals surface area contributed by atoms with Gasteiger partial charge >= 0.3 is 0 Å². The van der Waals surface area contributed by atoms with Crippen LogP contribution in [0.2, 0.25) is 0 Å². The molecule has 25 heavy (non-hydrogen) atoms. The molecule has 0 radical (unpaired) electrons. The van der Waals surface area contributed by atoms with Crippen LogP contribution >= 0.6 is 12.2 Å². The van der Waals surface area contributed by atoms with Gasteiger partial charge in [0.25, 0.3) is 0 Å². The molecule has 0 aromatic carbocycles. The van der Waals surface area contributed by atoms with E-state index in [4.69, 9.17) is 12.2 Å². The van der Waals surface area contributed by atoms with E-state index in [9.17, 15) is 0 Å². The quantitative estimate of drug-likeness (QED) is 0.447. The smallest absolute Gasteiger partial charge is 0.122 e. The molecule has 0 saturated heterocycles. The summed E-state index contributed by atoms with van der Waals surface area (Å²) in [6, 6.07) is 0. The molecule has 6 heteroatoms. The van der Waals surface area contributed by atoms with Gasteiger partial charge in [-0.2, -0.15) is 0 Å². The summed E-state index contributed by atoms with van der Waals surface area (Å²) in [5, 5.41) is 4.37. The molecule has 1 aliphatic rings. The molecule has 146 valence electrons. The van der Waals surface area contributed by atoms with E-state index in [0.29, 0.717) is 0 Å². The Hall–Kier alpha value is -0.850. The third-order valence-corrected chi connectivity index (χ3v) is 4.64. The first kappa shape index (κ1) is 22.2. The Kier molecular flexibility index (Phi) is 11.9. The highest BCUT2D eigenvalue weighted by Crippen LogP contribution is 2.12. The number of hydrazine groups is 3. The number of unbranched alkanes of at least 4 members (excludes halogenated alkanes) is 4. The maximum atomic E-state index is 5.53. The predicted molar refractivity (Wildman–Crippen MR) is 112 cm³/mol. The van der Waals surface area contributed by atoms with Crippen LogP contribution in [-0.2, 0) is 0 Å². The second kappa shape index (κ2) is 13.4. The summed E-state index contributed by atoms with van der Waals surface area (Å²) in [6.45, 7) is 13.2. The lowest BCUT2D eigenvalue weighted by molar-refractivity contribution is -0.0964. The van der Waals surface area contributed by atoms with Gasteiger partial charge in [-0.3, -0.25) is 10.9 Å². The number of nitrogens with zero attached hydrogens (tertiary/aromatic N) is 3. The standard InChI is InChI=1S/C19H39N5S/c1-5-9-13-22(14-10-6-2)18-17-19(25)21-24(20-18)23(15-11-7-3)16-12-8-4/h17,20H,5-16H2,1-4H3,(H,21,25). The van der Waals surface area contributed by atoms with Gasteiger partial charge in [0.15, 0.2) is 0 Å². The molecular formula is C19H39N5S. The van der Waals surface area contributed by atoms with Gasteiger partial charge in [-0.05, 0) is 25.7 Å². The fourth-order valence-electron chi connectivity index (χ4n) is 2.78. The van der Waals surface area contributed by atoms with Gasteiger partial charge in [0.05, 0.1) is 0 Å². The number of hydrogen-bond acceptors (Lipinski definition) is 5. The van der Waals surface area contributed by atoms with Crippen molar-refractivity contribution in [1.29, 1.82) is 0 Å². The van der Waals surface area contributed by atoms with Crippen molar-refractivity contribution in [2.75, 3.05) is 26.2 Å². The molecule has 0 bridgehead atoms. The molecule has 1 rings (SSSR count). The van der Waals surface area contributed by atoms with E-state index in [-0.39, 0.29) is 0 Å². The largest absolute Gasteiger partial charge is 0.357 e. The van der Waals surface area contributed by atoms with Gasteiger partial charge in [-0.25, -0.2) is 5.01 Å². The highest BCUT2D eigenvalue weighted by molar-refractivity contribution is 7.80. The predicted octanol–water partition coefficient (Wildman–Crippen LogP) is 4.20. The van der Waals surface area contributed by atoms with Crippen LogP contribution in [0.15, 0.2) is 11.9 Å². The van der Waals surface area contributed by atoms with Crippen LogP contribution in [0.4, 0.5) is 0 Å². The first-order valence-electron chi connectivity index (χ1n) is 10.2. The Labute approximate surface area is 160 Å². The van der Waals surface area contributed by atoms with Crippen molar-refractivity contribution in [1.82, 2.24) is 26.0 Å². The topological polar surface area (TPSA) is 33.8 Å². The molecule has 0 aromatic rings. The number of nitrogens with one attached hydrogen (secondary N) is 2. The average molecular weight is 370 g/mol. The van der Waals surface area contributed by atoms with Gasteiger partial charge in [0.2, 0.25) is 0 Å². The first-order valence-corrected chi connectivity index (χ1v) is 10.7. The van der Waals surface area contributed by atoms with E-state index in [1.54, 1.807) is 0 Å². The van der Waals surface area contributed by atoms with Crippen LogP contribution in [0.1, 0.15) is 79.1 Å². The molecule has 0 aromatic heterocycles. The maximum Gasteiger partial charge on any atom is 0.122 e. The molecule has 0 spiro atoms. The SMILES string of the molecule is CCCCN(CCCC)C1=CC(=S)NN(N(CCCC)CCCC)N1. The van der Waals surface area contributed by atoms with Crippen LogP contribution in [0.3, 0.4) is 0 Å². The summed E-state index contributed by atoms with van der Waals surface area (Å²) >= 11 is 5.53. The molecule has 0 atom stereocenters. The average Bonchev–Trinajstić information content (AvgIpc) is 2.61. The van der Waals surface area contributed by atoms with Crippen molar-refractivity contribution in [2.45, 2.75) is 79.1 Å². The molecule has 0 saturated carbocycles. The van der Waals surface area contributed by atoms with Gasteiger partial charge in [-0.15, -0.1) is 0 Å². The summed E-state index contributed by atoms with van der Waals surface area (Å²) in [7, 11) is 0. The normalized spacial score (nSPS) is 15.1. The Morgan fingerprint density at radius 2 is 1.28 bits per heavy atom. The minimum atomic E-state index is 0.782. The molecule has 0 fully saturated rings. The molecule has 2 N–H and O–H groups in total. The third-order valence-electron chi connectivity index (χ3n) is 4.43. The Bertz CT molecular complexity index is 383. The summed E-state index contributed by atoms with van der Waals surface area (Å²) in [4.78, 5) is 3.23. The fourth-order valence-corrected chi connectivity index (χ4v) is 2.97. The van der Waals surface area contributed by atoms with Crippen molar-refractivity contribution in [3.05, 3.63) is 11.9 Å². The zero-order valence-electron chi connectivity index (χ0n) is 16.8. The number of thiocarbonyl (C=S) groups is 1. The van der Waals surface area contributed by atoms with Crippen LogP contribution < -0.4 is 10.9 Å². The second-order valence-corrected chi connectivity index (χ2v) is 7.22. The lowest BCUT2D eigenvalue weighted by Gasteiger charge is -2.41. The summed E-state index contributed by atoms with van der Waals surface area (Å²) in [6.07, 6.45) is 11.7. The van der Waals surface area contributed by atoms with Crippen LogP contribution in [0.25, 0.3) is 0 Å². The minimum absolute atomic E-state index is 0.782. The van der Waals surface area contributed by atoms with Crippen LogP contribution in [0.5, 0.6) is 0 Å². The monoisotopic (exact) mass is 369 g/mol. The molecule has 1 heterocycles. The van der Waals surface area contributed by atoms with Crippen molar-refractivity contribution < 1.29 is 0 Å². The highest BCUT2D eigenvalue weighted by Gasteiger charge is 2.23. The van der Waals surface area contributed by atoms with E-state index in [2.05, 4.69) is 54.5 Å². The summed E-state index contributed by atoms with van der Waals surface area (Å²) < 4.78 is 0. The zero-order chi connectivity index (χ0) is 18.5. The molecular weight excluding hydrogens is 330 g/mol. The number of rotatable bonds is 14. The molecule has 0 amide bonds. The minimum Gasteiger partial charge on any atom is -0.357 e. The van der Waals surface area contributed by atoms with Gasteiger partial charge in [0, 0.05) is 32.3 Å². The van der Waals surface area contributed by atoms with Crippen molar-refractivity contribution >= 4 is 17.2 Å². The molecule has 5 nitrogen and oxygen atoms in total. The zero-order valence-corrected chi connectivity index (χ0v) is 17.6. The molecule has 1 aliphatic heterocycles. The van der Waals surface area contributed by atoms with Crippen molar-refractivity contribution in [3.63, 3.8) is 0 Å². The maximum absolute atomic E-state index is 5.53. The molecule has 0 unspecified atom stereocenters. The summed E-state index contributed by atoms with van der Waals surface area (Å²) in [5.41, 5.74) is 6.88. The summed E-state index contributed by atoms with van der Waals surface area (Å²) in [5.74, 6) is 1.13. The van der Waals surface area contributed by atoms with E-state index in [1.165, 1.54) is 51.4 Å².